The molecule has 30 heavy (non-hydrogen) atoms. The van der Waals surface area contributed by atoms with Gasteiger partial charge < -0.3 is 4.74 Å². The first-order valence-corrected chi connectivity index (χ1v) is 9.80. The SMILES string of the molecule is CCCn1c(=O)n(CC(=O)OCc2cc(=O)n3ccc(C)cc3n2)c2ccccc21. The fourth-order valence-corrected chi connectivity index (χ4v) is 3.52. The summed E-state index contributed by atoms with van der Waals surface area (Å²) in [5, 5.41) is 0. The Morgan fingerprint density at radius 2 is 1.80 bits per heavy atom. The number of nitrogens with zero attached hydrogens (tertiary/aromatic N) is 4. The lowest BCUT2D eigenvalue weighted by molar-refractivity contribution is -0.145. The van der Waals surface area contributed by atoms with Crippen LogP contribution in [0.1, 0.15) is 24.6 Å². The van der Waals surface area contributed by atoms with E-state index in [1.165, 1.54) is 15.0 Å². The van der Waals surface area contributed by atoms with Gasteiger partial charge in [0.2, 0.25) is 0 Å². The molecular weight excluding hydrogens is 384 g/mol. The third-order valence-electron chi connectivity index (χ3n) is 4.92. The number of carbonyl (C=O) groups excluding carboxylic acids is 1. The van der Waals surface area contributed by atoms with Crippen molar-refractivity contribution in [2.75, 3.05) is 0 Å². The summed E-state index contributed by atoms with van der Waals surface area (Å²) in [7, 11) is 0. The fraction of sp³-hybridized carbons (Fsp3) is 0.273. The second-order valence-electron chi connectivity index (χ2n) is 7.19. The number of fused-ring (bicyclic) bond motifs is 2. The molecule has 154 valence electrons. The van der Waals surface area contributed by atoms with E-state index in [4.69, 9.17) is 4.74 Å². The van der Waals surface area contributed by atoms with Crippen LogP contribution in [0, 0.1) is 6.92 Å². The summed E-state index contributed by atoms with van der Waals surface area (Å²) < 4.78 is 9.83. The Kier molecular flexibility index (Phi) is 5.22. The standard InChI is InChI=1S/C22H22N4O4/c1-3-9-24-17-6-4-5-7-18(17)26(22(24)29)13-21(28)30-14-16-12-20(27)25-10-8-15(2)11-19(25)23-16/h4-8,10-12H,3,9,13-14H2,1-2H3. The lowest BCUT2D eigenvalue weighted by atomic mass is 10.3. The summed E-state index contributed by atoms with van der Waals surface area (Å²) in [5.74, 6) is -0.567. The van der Waals surface area contributed by atoms with Crippen molar-refractivity contribution < 1.29 is 9.53 Å². The smallest absolute Gasteiger partial charge is 0.329 e. The topological polar surface area (TPSA) is 87.6 Å². The molecule has 0 radical (unpaired) electrons. The second-order valence-corrected chi connectivity index (χ2v) is 7.19. The highest BCUT2D eigenvalue weighted by atomic mass is 16.5. The van der Waals surface area contributed by atoms with E-state index in [-0.39, 0.29) is 24.4 Å². The predicted octanol–water partition coefficient (Wildman–Crippen LogP) is 2.27. The van der Waals surface area contributed by atoms with E-state index in [0.717, 1.165) is 17.5 Å². The lowest BCUT2D eigenvalue weighted by Gasteiger charge is -2.07. The Bertz CT molecular complexity index is 1360. The second kappa shape index (κ2) is 7.98. The first-order chi connectivity index (χ1) is 14.5. The van der Waals surface area contributed by atoms with Gasteiger partial charge in [-0.15, -0.1) is 0 Å². The van der Waals surface area contributed by atoms with Gasteiger partial charge in [-0.1, -0.05) is 19.1 Å². The molecule has 8 heteroatoms. The van der Waals surface area contributed by atoms with Gasteiger partial charge in [0, 0.05) is 18.8 Å². The molecule has 3 heterocycles. The van der Waals surface area contributed by atoms with Crippen LogP contribution < -0.4 is 11.2 Å². The molecule has 0 aliphatic heterocycles. The normalized spacial score (nSPS) is 11.3. The van der Waals surface area contributed by atoms with E-state index in [0.29, 0.717) is 23.4 Å². The van der Waals surface area contributed by atoms with Crippen LogP contribution in [0.2, 0.25) is 0 Å². The molecular formula is C22H22N4O4. The predicted molar refractivity (Wildman–Crippen MR) is 112 cm³/mol. The molecule has 0 atom stereocenters. The van der Waals surface area contributed by atoms with Gasteiger partial charge in [-0.25, -0.2) is 9.78 Å². The third kappa shape index (κ3) is 3.63. The number of aryl methyl sites for hydroxylation is 2. The highest BCUT2D eigenvalue weighted by Gasteiger charge is 2.16. The molecule has 0 bridgehead atoms. The summed E-state index contributed by atoms with van der Waals surface area (Å²) in [6.45, 7) is 4.13. The molecule has 4 aromatic rings. The number of esters is 1. The Hall–Kier alpha value is -3.68. The molecule has 0 fully saturated rings. The zero-order valence-electron chi connectivity index (χ0n) is 16.9. The monoisotopic (exact) mass is 406 g/mol. The Morgan fingerprint density at radius 1 is 1.07 bits per heavy atom. The number of aromatic nitrogens is 4. The first kappa shape index (κ1) is 19.6. The average molecular weight is 406 g/mol. The molecule has 0 saturated carbocycles. The van der Waals surface area contributed by atoms with Crippen LogP contribution in [0.4, 0.5) is 0 Å². The van der Waals surface area contributed by atoms with Gasteiger partial charge in [0.05, 0.1) is 16.7 Å². The van der Waals surface area contributed by atoms with E-state index in [1.54, 1.807) is 16.8 Å². The number of rotatable bonds is 6. The van der Waals surface area contributed by atoms with Crippen molar-refractivity contribution in [1.82, 2.24) is 18.5 Å². The minimum Gasteiger partial charge on any atom is -0.458 e. The first-order valence-electron chi connectivity index (χ1n) is 9.80. The molecule has 0 amide bonds. The number of hydrogen-bond acceptors (Lipinski definition) is 5. The molecule has 0 aliphatic rings. The number of imidazole rings is 1. The lowest BCUT2D eigenvalue weighted by Crippen LogP contribution is -2.28. The molecule has 4 rings (SSSR count). The van der Waals surface area contributed by atoms with Crippen molar-refractivity contribution in [1.29, 1.82) is 0 Å². The van der Waals surface area contributed by atoms with Gasteiger partial charge in [0.25, 0.3) is 5.56 Å². The molecule has 0 N–H and O–H groups in total. The summed E-state index contributed by atoms with van der Waals surface area (Å²) in [6, 6.07) is 12.3. The number of pyridine rings is 1. The van der Waals surface area contributed by atoms with Gasteiger partial charge in [0.1, 0.15) is 18.8 Å². The van der Waals surface area contributed by atoms with Crippen molar-refractivity contribution >= 4 is 22.6 Å². The fourth-order valence-electron chi connectivity index (χ4n) is 3.52. The van der Waals surface area contributed by atoms with Crippen LogP contribution in [-0.2, 0) is 29.2 Å². The van der Waals surface area contributed by atoms with Gasteiger partial charge >= 0.3 is 11.7 Å². The number of benzene rings is 1. The van der Waals surface area contributed by atoms with Crippen LogP contribution >= 0.6 is 0 Å². The van der Waals surface area contributed by atoms with Crippen LogP contribution in [0.3, 0.4) is 0 Å². The maximum Gasteiger partial charge on any atom is 0.329 e. The molecule has 0 spiro atoms. The van der Waals surface area contributed by atoms with Crippen LogP contribution in [0.5, 0.6) is 0 Å². The Balaban J connectivity index is 1.55. The number of carbonyl (C=O) groups is 1. The summed E-state index contributed by atoms with van der Waals surface area (Å²) in [6.07, 6.45) is 2.47. The minimum absolute atomic E-state index is 0.138. The van der Waals surface area contributed by atoms with Gasteiger partial charge in [-0.3, -0.25) is 23.1 Å². The average Bonchev–Trinajstić information content (AvgIpc) is 2.98. The van der Waals surface area contributed by atoms with E-state index >= 15 is 0 Å². The molecule has 8 nitrogen and oxygen atoms in total. The Morgan fingerprint density at radius 3 is 2.53 bits per heavy atom. The van der Waals surface area contributed by atoms with E-state index in [1.807, 2.05) is 44.2 Å². The van der Waals surface area contributed by atoms with Crippen LogP contribution in [0.15, 0.2) is 58.3 Å². The highest BCUT2D eigenvalue weighted by molar-refractivity contribution is 5.78. The van der Waals surface area contributed by atoms with Gasteiger partial charge in [-0.05, 0) is 43.2 Å². The van der Waals surface area contributed by atoms with Crippen LogP contribution in [-0.4, -0.2) is 24.5 Å². The van der Waals surface area contributed by atoms with E-state index in [2.05, 4.69) is 4.98 Å². The minimum atomic E-state index is -0.567. The van der Waals surface area contributed by atoms with E-state index in [9.17, 15) is 14.4 Å². The molecule has 3 aromatic heterocycles. The molecule has 0 aliphatic carbocycles. The quantitative estimate of drug-likeness (QED) is 0.459. The molecule has 0 saturated heterocycles. The van der Waals surface area contributed by atoms with Gasteiger partial charge in [0.15, 0.2) is 0 Å². The van der Waals surface area contributed by atoms with Crippen LogP contribution in [0.25, 0.3) is 16.7 Å². The van der Waals surface area contributed by atoms with Crippen molar-refractivity contribution in [3.05, 3.63) is 80.8 Å². The van der Waals surface area contributed by atoms with Crippen molar-refractivity contribution in [2.45, 2.75) is 40.0 Å². The number of hydrogen-bond donors (Lipinski definition) is 0. The summed E-state index contributed by atoms with van der Waals surface area (Å²) >= 11 is 0. The largest absolute Gasteiger partial charge is 0.458 e. The maximum atomic E-state index is 12.8. The van der Waals surface area contributed by atoms with Crippen molar-refractivity contribution in [3.63, 3.8) is 0 Å². The highest BCUT2D eigenvalue weighted by Crippen LogP contribution is 2.13. The third-order valence-corrected chi connectivity index (χ3v) is 4.92. The molecule has 1 aromatic carbocycles. The van der Waals surface area contributed by atoms with E-state index < -0.39 is 5.97 Å². The number of ether oxygens (including phenoxy) is 1. The summed E-state index contributed by atoms with van der Waals surface area (Å²) in [5.41, 5.74) is 2.81. The zero-order valence-corrected chi connectivity index (χ0v) is 16.9. The number of para-hydroxylation sites is 2. The zero-order chi connectivity index (χ0) is 21.3. The van der Waals surface area contributed by atoms with Crippen molar-refractivity contribution in [3.8, 4) is 0 Å². The summed E-state index contributed by atoms with van der Waals surface area (Å²) in [4.78, 5) is 41.8. The van der Waals surface area contributed by atoms with Gasteiger partial charge in [-0.2, -0.15) is 0 Å². The maximum absolute atomic E-state index is 12.8. The molecule has 0 unspecified atom stereocenters. The Labute approximate surface area is 172 Å². The van der Waals surface area contributed by atoms with Crippen molar-refractivity contribution in [2.24, 2.45) is 0 Å².